The van der Waals surface area contributed by atoms with Crippen LogP contribution in [0.2, 0.25) is 0 Å². The van der Waals surface area contributed by atoms with Gasteiger partial charge in [0.2, 0.25) is 12.3 Å². The number of fused-ring (bicyclic) bond motifs is 2. The lowest BCUT2D eigenvalue weighted by Gasteiger charge is -2.24. The van der Waals surface area contributed by atoms with Gasteiger partial charge in [-0.3, -0.25) is 14.8 Å². The molecule has 1 atom stereocenters. The van der Waals surface area contributed by atoms with Crippen LogP contribution in [0.25, 0.3) is 22.3 Å². The summed E-state index contributed by atoms with van der Waals surface area (Å²) in [5, 5.41) is 3.64. The first-order valence-corrected chi connectivity index (χ1v) is 11.8. The first kappa shape index (κ1) is 22.4. The Morgan fingerprint density at radius 2 is 1.92 bits per heavy atom. The normalized spacial score (nSPS) is 17.0. The zero-order chi connectivity index (χ0) is 24.6. The Balaban J connectivity index is 1.19. The van der Waals surface area contributed by atoms with Crippen LogP contribution in [0.3, 0.4) is 0 Å². The van der Waals surface area contributed by atoms with Crippen LogP contribution in [-0.2, 0) is 6.54 Å². The highest BCUT2D eigenvalue weighted by atomic mass is 19.3. The summed E-state index contributed by atoms with van der Waals surface area (Å²) in [5.74, 6) is -0.768. The zero-order valence-electron chi connectivity index (χ0n) is 19.2. The molecule has 1 aliphatic carbocycles. The van der Waals surface area contributed by atoms with Crippen molar-refractivity contribution >= 4 is 16.8 Å². The van der Waals surface area contributed by atoms with Gasteiger partial charge in [0.15, 0.2) is 0 Å². The summed E-state index contributed by atoms with van der Waals surface area (Å²) in [6.07, 6.45) is 6.48. The molecule has 0 radical (unpaired) electrons. The summed E-state index contributed by atoms with van der Waals surface area (Å²) in [5.41, 5.74) is 4.22. The molecular weight excluding hydrogens is 466 g/mol. The minimum atomic E-state index is -2.55. The smallest absolute Gasteiger partial charge is 0.253 e. The molecule has 36 heavy (non-hydrogen) atoms. The number of hydrogen-bond acceptors (Lipinski definition) is 7. The van der Waals surface area contributed by atoms with Crippen molar-refractivity contribution in [3.8, 4) is 17.3 Å². The fraction of sp³-hybridized carbons (Fsp3) is 0.308. The third-order valence-corrected chi connectivity index (χ3v) is 6.48. The van der Waals surface area contributed by atoms with Gasteiger partial charge in [-0.15, -0.1) is 0 Å². The molecule has 1 unspecified atom stereocenters. The molecule has 2 aliphatic rings. The van der Waals surface area contributed by atoms with Crippen molar-refractivity contribution in [3.63, 3.8) is 0 Å². The van der Waals surface area contributed by atoms with Gasteiger partial charge >= 0.3 is 0 Å². The van der Waals surface area contributed by atoms with Crippen LogP contribution in [0.4, 0.5) is 8.78 Å². The SMILES string of the molecule is O=C(NCc1cc2nc(-c3cncc(C4CC4)n3)ccc2cn1)c1cnc2c(c1)C(C(F)F)CCO2. The number of ether oxygens (including phenoxy) is 1. The van der Waals surface area contributed by atoms with E-state index in [0.29, 0.717) is 11.6 Å². The van der Waals surface area contributed by atoms with Crippen molar-refractivity contribution in [2.24, 2.45) is 0 Å². The van der Waals surface area contributed by atoms with E-state index in [1.165, 1.54) is 12.3 Å². The molecule has 1 aliphatic heterocycles. The zero-order valence-corrected chi connectivity index (χ0v) is 19.2. The Morgan fingerprint density at radius 1 is 1.03 bits per heavy atom. The van der Waals surface area contributed by atoms with Gasteiger partial charge in [0.25, 0.3) is 5.91 Å². The van der Waals surface area contributed by atoms with Gasteiger partial charge < -0.3 is 10.1 Å². The number of aromatic nitrogens is 5. The average molecular weight is 488 g/mol. The van der Waals surface area contributed by atoms with Crippen molar-refractivity contribution in [2.45, 2.75) is 44.1 Å². The van der Waals surface area contributed by atoms with E-state index >= 15 is 0 Å². The molecule has 4 aromatic rings. The van der Waals surface area contributed by atoms with Crippen LogP contribution < -0.4 is 10.1 Å². The summed E-state index contributed by atoms with van der Waals surface area (Å²) in [4.78, 5) is 35.0. The molecule has 6 rings (SSSR count). The Labute approximate surface area is 205 Å². The van der Waals surface area contributed by atoms with Crippen LogP contribution >= 0.6 is 0 Å². The fourth-order valence-corrected chi connectivity index (χ4v) is 4.33. The molecule has 0 spiro atoms. The summed E-state index contributed by atoms with van der Waals surface area (Å²) in [6, 6.07) is 7.07. The van der Waals surface area contributed by atoms with Crippen molar-refractivity contribution < 1.29 is 18.3 Å². The van der Waals surface area contributed by atoms with Crippen molar-refractivity contribution in [1.82, 2.24) is 30.2 Å². The molecule has 0 saturated heterocycles. The summed E-state index contributed by atoms with van der Waals surface area (Å²) >= 11 is 0. The van der Waals surface area contributed by atoms with Crippen LogP contribution in [-0.4, -0.2) is 43.9 Å². The molecule has 1 N–H and O–H groups in total. The van der Waals surface area contributed by atoms with Crippen molar-refractivity contribution in [1.29, 1.82) is 0 Å². The maximum absolute atomic E-state index is 13.4. The second-order valence-corrected chi connectivity index (χ2v) is 9.05. The van der Waals surface area contributed by atoms with Crippen LogP contribution in [0.5, 0.6) is 5.88 Å². The molecule has 182 valence electrons. The minimum Gasteiger partial charge on any atom is -0.477 e. The molecule has 10 heteroatoms. The van der Waals surface area contributed by atoms with Gasteiger partial charge in [0.05, 0.1) is 53.4 Å². The lowest BCUT2D eigenvalue weighted by atomic mass is 9.94. The molecular formula is C26H22F2N6O2. The van der Waals surface area contributed by atoms with E-state index in [9.17, 15) is 13.6 Å². The first-order chi connectivity index (χ1) is 17.5. The lowest BCUT2D eigenvalue weighted by molar-refractivity contribution is 0.0879. The third kappa shape index (κ3) is 4.46. The molecule has 0 bridgehead atoms. The van der Waals surface area contributed by atoms with Gasteiger partial charge in [-0.2, -0.15) is 0 Å². The number of hydrogen-bond donors (Lipinski definition) is 1. The van der Waals surface area contributed by atoms with E-state index in [4.69, 9.17) is 14.7 Å². The third-order valence-electron chi connectivity index (χ3n) is 6.48. The number of pyridine rings is 3. The maximum atomic E-state index is 13.4. The van der Waals surface area contributed by atoms with Gasteiger partial charge in [-0.1, -0.05) is 0 Å². The number of nitrogens with one attached hydrogen (secondary N) is 1. The maximum Gasteiger partial charge on any atom is 0.253 e. The fourth-order valence-electron chi connectivity index (χ4n) is 4.33. The predicted octanol–water partition coefficient (Wildman–Crippen LogP) is 4.42. The number of alkyl halides is 2. The number of rotatable bonds is 6. The van der Waals surface area contributed by atoms with E-state index in [1.807, 2.05) is 24.4 Å². The first-order valence-electron chi connectivity index (χ1n) is 11.8. The predicted molar refractivity (Wildman–Crippen MR) is 127 cm³/mol. The van der Waals surface area contributed by atoms with Gasteiger partial charge in [-0.05, 0) is 43.5 Å². The summed E-state index contributed by atoms with van der Waals surface area (Å²) in [6.45, 7) is 0.325. The standard InChI is InChI=1S/C26H22F2N6O2/c27-24(28)18-5-6-36-26-19(18)7-16(10-32-26)25(35)31-11-17-8-21-15(9-30-17)3-4-20(33-21)23-13-29-12-22(34-23)14-1-2-14/h3-4,7-10,12-14,18,24H,1-2,5-6,11H2,(H,31,35). The topological polar surface area (TPSA) is 103 Å². The van der Waals surface area contributed by atoms with Gasteiger partial charge in [-0.25, -0.2) is 23.7 Å². The quantitative estimate of drug-likeness (QED) is 0.429. The summed E-state index contributed by atoms with van der Waals surface area (Å²) < 4.78 is 32.2. The molecule has 0 aromatic carbocycles. The van der Waals surface area contributed by atoms with Crippen molar-refractivity contribution in [2.75, 3.05) is 6.61 Å². The van der Waals surface area contributed by atoms with E-state index in [0.717, 1.165) is 40.8 Å². The number of nitrogens with zero attached hydrogens (tertiary/aromatic N) is 5. The Hall–Kier alpha value is -4.08. The van der Waals surface area contributed by atoms with Gasteiger partial charge in [0.1, 0.15) is 5.69 Å². The number of halogens is 2. The Bertz CT molecular complexity index is 1460. The Kier molecular flexibility index (Phi) is 5.71. The second-order valence-electron chi connectivity index (χ2n) is 9.05. The largest absolute Gasteiger partial charge is 0.477 e. The Morgan fingerprint density at radius 3 is 2.75 bits per heavy atom. The molecule has 1 saturated carbocycles. The molecule has 1 fully saturated rings. The van der Waals surface area contributed by atoms with E-state index < -0.39 is 18.3 Å². The van der Waals surface area contributed by atoms with E-state index in [1.54, 1.807) is 12.4 Å². The highest BCUT2D eigenvalue weighted by molar-refractivity contribution is 5.94. The monoisotopic (exact) mass is 488 g/mol. The van der Waals surface area contributed by atoms with Gasteiger partial charge in [0, 0.05) is 35.5 Å². The molecule has 4 aromatic heterocycles. The summed E-state index contributed by atoms with van der Waals surface area (Å²) in [7, 11) is 0. The molecule has 5 heterocycles. The number of carbonyl (C=O) groups excluding carboxylic acids is 1. The van der Waals surface area contributed by atoms with Crippen molar-refractivity contribution in [3.05, 3.63) is 71.6 Å². The highest BCUT2D eigenvalue weighted by Crippen LogP contribution is 2.39. The van der Waals surface area contributed by atoms with E-state index in [2.05, 4.69) is 20.3 Å². The minimum absolute atomic E-state index is 0.142. The molecule has 8 nitrogen and oxygen atoms in total. The number of amides is 1. The van der Waals surface area contributed by atoms with E-state index in [-0.39, 0.29) is 36.6 Å². The highest BCUT2D eigenvalue weighted by Gasteiger charge is 2.31. The lowest BCUT2D eigenvalue weighted by Crippen LogP contribution is -2.25. The second kappa shape index (κ2) is 9.18. The number of carbonyl (C=O) groups is 1. The average Bonchev–Trinajstić information content (AvgIpc) is 3.76. The molecule has 1 amide bonds. The van der Waals surface area contributed by atoms with Crippen LogP contribution in [0.1, 0.15) is 58.4 Å². The van der Waals surface area contributed by atoms with Crippen LogP contribution in [0.15, 0.2) is 49.1 Å². The van der Waals surface area contributed by atoms with Crippen LogP contribution in [0, 0.1) is 0 Å².